The molecular weight excluding hydrogens is 236 g/mol. The summed E-state index contributed by atoms with van der Waals surface area (Å²) in [5.74, 6) is 2.51. The number of fused-ring (bicyclic) bond motifs is 2. The topological polar surface area (TPSA) is 21.8 Å². The number of rotatable bonds is 3. The molecule has 0 aromatic carbocycles. The van der Waals surface area contributed by atoms with Crippen LogP contribution in [-0.2, 0) is 9.47 Å². The monoisotopic (exact) mass is 262 g/mol. The Morgan fingerprint density at radius 3 is 3.11 bits per heavy atom. The van der Waals surface area contributed by atoms with E-state index in [2.05, 4.69) is 19.1 Å². The molecule has 0 amide bonds. The van der Waals surface area contributed by atoms with Gasteiger partial charge in [0, 0.05) is 6.61 Å². The number of epoxide rings is 1. The molecule has 0 bridgehead atoms. The molecule has 2 heteroatoms. The normalized spacial score (nSPS) is 51.7. The summed E-state index contributed by atoms with van der Waals surface area (Å²) in [5, 5.41) is 0. The number of allylic oxidation sites excluding steroid dienone is 2. The van der Waals surface area contributed by atoms with E-state index in [1.165, 1.54) is 44.9 Å². The summed E-state index contributed by atoms with van der Waals surface area (Å²) in [6.45, 7) is 3.24. The van der Waals surface area contributed by atoms with Gasteiger partial charge in [-0.05, 0) is 69.6 Å². The molecule has 19 heavy (non-hydrogen) atoms. The molecule has 4 rings (SSSR count). The molecule has 0 aromatic rings. The summed E-state index contributed by atoms with van der Waals surface area (Å²) in [4.78, 5) is 0. The van der Waals surface area contributed by atoms with Crippen LogP contribution in [0.4, 0.5) is 0 Å². The standard InChI is InChI=1S/C17H26O2/c1-17-8-7-12(9-16(17)19-17)11-18-15-6-5-13-3-2-4-14(13)10-15/h2-3,12-16H,4-11H2,1H3. The molecule has 1 saturated heterocycles. The van der Waals surface area contributed by atoms with Gasteiger partial charge in [-0.2, -0.15) is 0 Å². The van der Waals surface area contributed by atoms with E-state index in [0.717, 1.165) is 24.4 Å². The zero-order valence-electron chi connectivity index (χ0n) is 12.0. The number of hydrogen-bond donors (Lipinski definition) is 0. The molecule has 2 nitrogen and oxygen atoms in total. The Morgan fingerprint density at radius 2 is 2.21 bits per heavy atom. The van der Waals surface area contributed by atoms with Crippen LogP contribution in [0.3, 0.4) is 0 Å². The van der Waals surface area contributed by atoms with Crippen molar-refractivity contribution in [1.29, 1.82) is 0 Å². The highest BCUT2D eigenvalue weighted by atomic mass is 16.6. The molecule has 0 spiro atoms. The smallest absolute Gasteiger partial charge is 0.0920 e. The molecular formula is C17H26O2. The van der Waals surface area contributed by atoms with Crippen molar-refractivity contribution in [3.63, 3.8) is 0 Å². The van der Waals surface area contributed by atoms with E-state index in [1.54, 1.807) is 0 Å². The Bertz CT molecular complexity index is 377. The van der Waals surface area contributed by atoms with Crippen LogP contribution in [0, 0.1) is 17.8 Å². The summed E-state index contributed by atoms with van der Waals surface area (Å²) < 4.78 is 12.0. The second kappa shape index (κ2) is 4.60. The lowest BCUT2D eigenvalue weighted by Crippen LogP contribution is -2.30. The predicted octanol–water partition coefficient (Wildman–Crippen LogP) is 3.71. The SMILES string of the molecule is CC12CCC(COC3CCC4C=CCC4C3)CC1O2. The summed E-state index contributed by atoms with van der Waals surface area (Å²) >= 11 is 0. The third kappa shape index (κ3) is 2.38. The van der Waals surface area contributed by atoms with Crippen LogP contribution in [0.5, 0.6) is 0 Å². The largest absolute Gasteiger partial charge is 0.378 e. The van der Waals surface area contributed by atoms with Crippen LogP contribution in [0.25, 0.3) is 0 Å². The summed E-state index contributed by atoms with van der Waals surface area (Å²) in [5.41, 5.74) is 0.254. The molecule has 2 saturated carbocycles. The van der Waals surface area contributed by atoms with E-state index in [-0.39, 0.29) is 5.60 Å². The molecule has 3 aliphatic carbocycles. The van der Waals surface area contributed by atoms with Crippen molar-refractivity contribution in [2.75, 3.05) is 6.61 Å². The van der Waals surface area contributed by atoms with E-state index in [9.17, 15) is 0 Å². The average molecular weight is 262 g/mol. The second-order valence-electron chi connectivity index (χ2n) is 7.42. The lowest BCUT2D eigenvalue weighted by atomic mass is 9.79. The van der Waals surface area contributed by atoms with Gasteiger partial charge in [0.2, 0.25) is 0 Å². The van der Waals surface area contributed by atoms with Crippen LogP contribution >= 0.6 is 0 Å². The Kier molecular flexibility index (Phi) is 3.00. The molecule has 6 atom stereocenters. The zero-order valence-corrected chi connectivity index (χ0v) is 12.0. The third-order valence-corrected chi connectivity index (χ3v) is 6.01. The Hall–Kier alpha value is -0.340. The van der Waals surface area contributed by atoms with Gasteiger partial charge in [0.15, 0.2) is 0 Å². The molecule has 0 aromatic heterocycles. The first-order valence-corrected chi connectivity index (χ1v) is 8.19. The minimum Gasteiger partial charge on any atom is -0.378 e. The summed E-state index contributed by atoms with van der Waals surface area (Å²) in [7, 11) is 0. The summed E-state index contributed by atoms with van der Waals surface area (Å²) in [6.07, 6.45) is 14.9. The van der Waals surface area contributed by atoms with Gasteiger partial charge in [0.25, 0.3) is 0 Å². The first-order valence-electron chi connectivity index (χ1n) is 8.19. The van der Waals surface area contributed by atoms with Gasteiger partial charge < -0.3 is 9.47 Å². The van der Waals surface area contributed by atoms with Crippen molar-refractivity contribution in [2.45, 2.75) is 69.7 Å². The first kappa shape index (κ1) is 12.4. The van der Waals surface area contributed by atoms with E-state index in [4.69, 9.17) is 9.47 Å². The minimum absolute atomic E-state index is 0.254. The van der Waals surface area contributed by atoms with Gasteiger partial charge >= 0.3 is 0 Å². The molecule has 0 radical (unpaired) electrons. The zero-order chi connectivity index (χ0) is 12.9. The van der Waals surface area contributed by atoms with E-state index in [1.807, 2.05) is 0 Å². The van der Waals surface area contributed by atoms with Crippen LogP contribution < -0.4 is 0 Å². The van der Waals surface area contributed by atoms with Crippen LogP contribution in [0.15, 0.2) is 12.2 Å². The van der Waals surface area contributed by atoms with E-state index >= 15 is 0 Å². The summed E-state index contributed by atoms with van der Waals surface area (Å²) in [6, 6.07) is 0. The molecule has 3 fully saturated rings. The van der Waals surface area contributed by atoms with Crippen LogP contribution in [-0.4, -0.2) is 24.4 Å². The quantitative estimate of drug-likeness (QED) is 0.571. The lowest BCUT2D eigenvalue weighted by molar-refractivity contribution is -0.0163. The molecule has 4 aliphatic rings. The highest BCUT2D eigenvalue weighted by Gasteiger charge is 2.55. The van der Waals surface area contributed by atoms with Gasteiger partial charge in [-0.3, -0.25) is 0 Å². The van der Waals surface area contributed by atoms with Gasteiger partial charge in [0.1, 0.15) is 0 Å². The number of ether oxygens (including phenoxy) is 2. The lowest BCUT2D eigenvalue weighted by Gasteiger charge is -2.33. The van der Waals surface area contributed by atoms with Crippen molar-refractivity contribution in [3.8, 4) is 0 Å². The maximum Gasteiger partial charge on any atom is 0.0920 e. The average Bonchev–Trinajstić information content (AvgIpc) is 2.87. The fourth-order valence-electron chi connectivity index (χ4n) is 4.49. The van der Waals surface area contributed by atoms with Gasteiger partial charge in [-0.1, -0.05) is 12.2 Å². The minimum atomic E-state index is 0.254. The highest BCUT2D eigenvalue weighted by Crippen LogP contribution is 2.49. The third-order valence-electron chi connectivity index (χ3n) is 6.01. The van der Waals surface area contributed by atoms with Crippen molar-refractivity contribution in [3.05, 3.63) is 12.2 Å². The fourth-order valence-corrected chi connectivity index (χ4v) is 4.49. The highest BCUT2D eigenvalue weighted by molar-refractivity contribution is 5.04. The Morgan fingerprint density at radius 1 is 1.26 bits per heavy atom. The van der Waals surface area contributed by atoms with Gasteiger partial charge in [0.05, 0.1) is 17.8 Å². The molecule has 106 valence electrons. The Balaban J connectivity index is 1.23. The maximum atomic E-state index is 6.25. The van der Waals surface area contributed by atoms with Crippen LogP contribution in [0.1, 0.15) is 51.9 Å². The second-order valence-corrected chi connectivity index (χ2v) is 7.42. The van der Waals surface area contributed by atoms with E-state index in [0.29, 0.717) is 12.2 Å². The van der Waals surface area contributed by atoms with Crippen molar-refractivity contribution >= 4 is 0 Å². The molecule has 1 heterocycles. The first-order chi connectivity index (χ1) is 9.23. The molecule has 0 N–H and O–H groups in total. The molecule has 1 aliphatic heterocycles. The van der Waals surface area contributed by atoms with Crippen molar-refractivity contribution in [1.82, 2.24) is 0 Å². The van der Waals surface area contributed by atoms with Gasteiger partial charge in [-0.25, -0.2) is 0 Å². The van der Waals surface area contributed by atoms with Crippen molar-refractivity contribution in [2.24, 2.45) is 17.8 Å². The van der Waals surface area contributed by atoms with Crippen LogP contribution in [0.2, 0.25) is 0 Å². The van der Waals surface area contributed by atoms with E-state index < -0.39 is 0 Å². The molecule has 6 unspecified atom stereocenters. The Labute approximate surface area is 116 Å². The van der Waals surface area contributed by atoms with Gasteiger partial charge in [-0.15, -0.1) is 0 Å². The van der Waals surface area contributed by atoms with Crippen molar-refractivity contribution < 1.29 is 9.47 Å². The maximum absolute atomic E-state index is 6.25. The number of hydrogen-bond acceptors (Lipinski definition) is 2. The fraction of sp³-hybridized carbons (Fsp3) is 0.882. The predicted molar refractivity (Wildman–Crippen MR) is 74.9 cm³/mol.